The molecule has 0 aromatic carbocycles. The molecule has 0 radical (unpaired) electrons. The number of ether oxygens (including phenoxy) is 2. The van der Waals surface area contributed by atoms with Gasteiger partial charge in [0.15, 0.2) is 0 Å². The van der Waals surface area contributed by atoms with Gasteiger partial charge in [-0.15, -0.1) is 0 Å². The number of hydrogen-bond donors (Lipinski definition) is 4. The first kappa shape index (κ1) is 42.4. The number of rotatable bonds is 16. The van der Waals surface area contributed by atoms with Crippen molar-refractivity contribution in [2.24, 2.45) is 26.8 Å². The Morgan fingerprint density at radius 2 is 1.54 bits per heavy atom. The van der Waals surface area contributed by atoms with Crippen molar-refractivity contribution in [1.82, 2.24) is 10.6 Å². The van der Waals surface area contributed by atoms with E-state index in [1.807, 2.05) is 39.8 Å². The van der Waals surface area contributed by atoms with E-state index in [9.17, 15) is 34.2 Å². The van der Waals surface area contributed by atoms with E-state index in [4.69, 9.17) is 24.5 Å². The molecule has 14 nitrogen and oxygen atoms in total. The third kappa shape index (κ3) is 9.28. The number of aliphatic hydroxyl groups excluding tert-OH is 1. The molecule has 4 N–H and O–H groups in total. The lowest BCUT2D eigenvalue weighted by atomic mass is 9.84. The van der Waals surface area contributed by atoms with Gasteiger partial charge in [0.25, 0.3) is 5.91 Å². The molecule has 302 valence electrons. The van der Waals surface area contributed by atoms with Gasteiger partial charge in [-0.2, -0.15) is 0 Å². The summed E-state index contributed by atoms with van der Waals surface area (Å²) >= 11 is 0. The van der Waals surface area contributed by atoms with Crippen LogP contribution < -0.4 is 10.6 Å². The molecule has 5 rings (SSSR count). The maximum absolute atomic E-state index is 14.3. The fraction of sp³-hybridized carbons (Fsp3) is 0.442. The molecule has 0 aromatic heterocycles. The van der Waals surface area contributed by atoms with Gasteiger partial charge in [0, 0.05) is 80.1 Å². The summed E-state index contributed by atoms with van der Waals surface area (Å²) in [4.78, 5) is 79.1. The Hall–Kier alpha value is -5.76. The molecule has 57 heavy (non-hydrogen) atoms. The molecule has 1 saturated heterocycles. The number of allylic oxidation sites excluding steroid dienone is 10. The topological polar surface area (TPSA) is 205 Å². The maximum atomic E-state index is 14.3. The lowest BCUT2D eigenvalue weighted by Crippen LogP contribution is -2.32. The highest BCUT2D eigenvalue weighted by atomic mass is 16.5. The van der Waals surface area contributed by atoms with Gasteiger partial charge in [-0.3, -0.25) is 24.0 Å². The van der Waals surface area contributed by atoms with Crippen LogP contribution in [-0.4, -0.2) is 84.1 Å². The predicted octanol–water partition coefficient (Wildman–Crippen LogP) is 5.77. The molecule has 0 aromatic rings. The minimum atomic E-state index is -0.986. The summed E-state index contributed by atoms with van der Waals surface area (Å²) in [6.45, 7) is 9.85. The first-order valence-corrected chi connectivity index (χ1v) is 19.2. The third-order valence-electron chi connectivity index (χ3n) is 11.0. The minimum absolute atomic E-state index is 0.00317. The molecule has 2 unspecified atom stereocenters. The van der Waals surface area contributed by atoms with E-state index < -0.39 is 23.8 Å². The molecule has 14 heteroatoms. The maximum Gasteiger partial charge on any atom is 0.310 e. The first-order chi connectivity index (χ1) is 27.2. The quantitative estimate of drug-likeness (QED) is 0.110. The van der Waals surface area contributed by atoms with Gasteiger partial charge in [0.1, 0.15) is 11.6 Å². The average molecular weight is 782 g/mol. The highest BCUT2D eigenvalue weighted by Crippen LogP contribution is 2.43. The monoisotopic (exact) mass is 781 g/mol. The van der Waals surface area contributed by atoms with Crippen molar-refractivity contribution in [1.29, 1.82) is 0 Å². The van der Waals surface area contributed by atoms with Crippen molar-refractivity contribution >= 4 is 46.5 Å². The van der Waals surface area contributed by atoms with Gasteiger partial charge < -0.3 is 30.3 Å². The number of carboxylic acids is 1. The predicted molar refractivity (Wildman–Crippen MR) is 215 cm³/mol. The van der Waals surface area contributed by atoms with Crippen LogP contribution in [0.15, 0.2) is 107 Å². The number of methoxy groups -OCH3 is 2. The number of carboxylic acid groups (broad SMARTS) is 1. The molecule has 0 spiro atoms. The molecular weight excluding hydrogens is 730 g/mol. The number of aliphatic carboxylic acids is 1. The Kier molecular flexibility index (Phi) is 13.7. The number of carbonyl (C=O) groups excluding carboxylic acids is 4. The summed E-state index contributed by atoms with van der Waals surface area (Å²) in [5, 5.41) is 26.5. The molecule has 8 bridgehead atoms. The summed E-state index contributed by atoms with van der Waals surface area (Å²) < 4.78 is 10.1. The number of amides is 1. The smallest absolute Gasteiger partial charge is 0.310 e. The number of ketones is 2. The Morgan fingerprint density at radius 3 is 2.19 bits per heavy atom. The van der Waals surface area contributed by atoms with Gasteiger partial charge in [-0.25, -0.2) is 15.0 Å². The lowest BCUT2D eigenvalue weighted by molar-refractivity contribution is -0.140. The van der Waals surface area contributed by atoms with Crippen LogP contribution in [0.3, 0.4) is 0 Å². The number of aliphatic hydroxyl groups is 1. The zero-order valence-electron chi connectivity index (χ0n) is 33.6. The minimum Gasteiger partial charge on any atom is -0.515 e. The van der Waals surface area contributed by atoms with Crippen LogP contribution in [0.1, 0.15) is 86.0 Å². The van der Waals surface area contributed by atoms with Crippen molar-refractivity contribution in [3.05, 3.63) is 92.0 Å². The standard InChI is InChI=1S/C43H51N5O9/c1-8-28-22(2)33-19-37-31(21-49)24(4)32(46-37)18-34-23(3)29(11-12-38(52)53)41(47-34)30(17-39(54)57-7)42-40(25(5)35(48-42)20-36(28)45-33)43(55)44-15-13-26(50)9-10-27(51)14-16-56-6/h18-21,23,29,47,49H,8-17H2,1-7H3,(H,44,55)(H,52,53). The normalized spacial score (nSPS) is 20.9. The summed E-state index contributed by atoms with van der Waals surface area (Å²) in [6, 6.07) is 0. The highest BCUT2D eigenvalue weighted by Gasteiger charge is 2.40. The van der Waals surface area contributed by atoms with Gasteiger partial charge in [-0.05, 0) is 74.1 Å². The van der Waals surface area contributed by atoms with Crippen LogP contribution in [0, 0.1) is 11.8 Å². The second-order valence-corrected chi connectivity index (χ2v) is 14.5. The van der Waals surface area contributed by atoms with E-state index in [1.54, 1.807) is 13.0 Å². The van der Waals surface area contributed by atoms with Crippen LogP contribution in [0.4, 0.5) is 0 Å². The van der Waals surface area contributed by atoms with Gasteiger partial charge in [0.2, 0.25) is 0 Å². The Morgan fingerprint density at radius 1 is 0.860 bits per heavy atom. The molecule has 5 heterocycles. The molecule has 5 aliphatic rings. The van der Waals surface area contributed by atoms with Crippen LogP contribution in [0.25, 0.3) is 0 Å². The average Bonchev–Trinajstić information content (AvgIpc) is 3.86. The van der Waals surface area contributed by atoms with Crippen molar-refractivity contribution in [2.75, 3.05) is 27.4 Å². The van der Waals surface area contributed by atoms with E-state index in [0.29, 0.717) is 63.0 Å². The number of carbonyl (C=O) groups is 5. The highest BCUT2D eigenvalue weighted by molar-refractivity contribution is 6.32. The number of hydrogen-bond acceptors (Lipinski definition) is 12. The molecular formula is C43H51N5O9. The van der Waals surface area contributed by atoms with Crippen molar-refractivity contribution in [3.63, 3.8) is 0 Å². The van der Waals surface area contributed by atoms with E-state index >= 15 is 0 Å². The number of nitrogens with zero attached hydrogens (tertiary/aromatic N) is 3. The van der Waals surface area contributed by atoms with E-state index in [1.165, 1.54) is 14.2 Å². The zero-order chi connectivity index (χ0) is 41.6. The van der Waals surface area contributed by atoms with E-state index in [-0.39, 0.29) is 86.9 Å². The van der Waals surface area contributed by atoms with Crippen LogP contribution >= 0.6 is 0 Å². The first-order valence-electron chi connectivity index (χ1n) is 19.2. The van der Waals surface area contributed by atoms with E-state index in [2.05, 4.69) is 10.6 Å². The number of nitrogens with one attached hydrogen (secondary N) is 2. The van der Waals surface area contributed by atoms with Crippen molar-refractivity contribution in [2.45, 2.75) is 86.0 Å². The third-order valence-corrected chi connectivity index (χ3v) is 11.0. The van der Waals surface area contributed by atoms with Gasteiger partial charge in [-0.1, -0.05) is 13.8 Å². The summed E-state index contributed by atoms with van der Waals surface area (Å²) in [6.07, 6.45) is 7.31. The molecule has 2 atom stereocenters. The Bertz CT molecular complexity index is 2130. The number of fused-ring (bicyclic) bond motifs is 5. The summed E-state index contributed by atoms with van der Waals surface area (Å²) in [5.74, 6) is -3.07. The van der Waals surface area contributed by atoms with Gasteiger partial charge in [0.05, 0.1) is 66.2 Å². The largest absolute Gasteiger partial charge is 0.515 e. The number of Topliss-reactive ketones (excluding diaryl/α,β-unsaturated/α-hetero) is 2. The molecule has 0 aliphatic carbocycles. The van der Waals surface area contributed by atoms with Crippen LogP contribution in [0.5, 0.6) is 0 Å². The molecule has 1 fully saturated rings. The Labute approximate surface area is 332 Å². The van der Waals surface area contributed by atoms with Gasteiger partial charge >= 0.3 is 11.9 Å². The lowest BCUT2D eigenvalue weighted by Gasteiger charge is -2.20. The number of esters is 1. The van der Waals surface area contributed by atoms with Crippen LogP contribution in [-0.2, 0) is 33.4 Å². The van der Waals surface area contributed by atoms with Crippen molar-refractivity contribution < 1.29 is 43.7 Å². The second-order valence-electron chi connectivity index (χ2n) is 14.5. The fourth-order valence-corrected chi connectivity index (χ4v) is 7.60. The molecule has 0 saturated carbocycles. The van der Waals surface area contributed by atoms with E-state index in [0.717, 1.165) is 23.0 Å². The summed E-state index contributed by atoms with van der Waals surface area (Å²) in [7, 11) is 2.77. The second kappa shape index (κ2) is 18.5. The zero-order valence-corrected chi connectivity index (χ0v) is 33.6. The summed E-state index contributed by atoms with van der Waals surface area (Å²) in [5.41, 5.74) is 8.50. The SMILES string of the molecule is CCC1=C(C)C2=CC3=NC(=C(C)C3=CO)C=C3NC(=C(CC(=O)OC)C4=NC(=CC1=N2)C(C)=C4C(=O)NCCC(=O)CCC(=O)CCOC)C(CCC(=O)O)C3C. The Balaban J connectivity index is 1.67. The molecule has 5 aliphatic heterocycles. The van der Waals surface area contributed by atoms with Crippen molar-refractivity contribution in [3.8, 4) is 0 Å². The van der Waals surface area contributed by atoms with Crippen LogP contribution in [0.2, 0.25) is 0 Å². The fourth-order valence-electron chi connectivity index (χ4n) is 7.60. The molecule has 1 amide bonds. The number of aliphatic imine (C=N–C) groups is 3.